The van der Waals surface area contributed by atoms with Gasteiger partial charge in [0.15, 0.2) is 0 Å². The first-order chi connectivity index (χ1) is 9.31. The lowest BCUT2D eigenvalue weighted by Crippen LogP contribution is -1.95. The van der Waals surface area contributed by atoms with Crippen LogP contribution in [0.1, 0.15) is 5.56 Å². The van der Waals surface area contributed by atoms with Crippen LogP contribution in [0.4, 0.5) is 0 Å². The van der Waals surface area contributed by atoms with Crippen molar-refractivity contribution in [1.29, 1.82) is 0 Å². The number of benzene rings is 2. The molecule has 19 heavy (non-hydrogen) atoms. The van der Waals surface area contributed by atoms with E-state index in [-0.39, 0.29) is 5.75 Å². The molecular weight excluding hydrogens is 238 g/mol. The monoisotopic (exact) mass is 251 g/mol. The Balaban J connectivity index is 1.81. The van der Waals surface area contributed by atoms with Gasteiger partial charge in [0.25, 0.3) is 0 Å². The molecule has 1 aromatic heterocycles. The lowest BCUT2D eigenvalue weighted by Gasteiger charge is -2.07. The average Bonchev–Trinajstić information content (AvgIpc) is 2.46. The molecule has 1 N–H and O–H groups in total. The van der Waals surface area contributed by atoms with Gasteiger partial charge in [-0.05, 0) is 52.7 Å². The zero-order chi connectivity index (χ0) is 13.1. The molecule has 3 rings (SSSR count). The summed E-state index contributed by atoms with van der Waals surface area (Å²) in [7, 11) is 0. The summed E-state index contributed by atoms with van der Waals surface area (Å²) in [6.45, 7) is 0.507. The van der Waals surface area contributed by atoms with E-state index in [1.807, 2.05) is 36.4 Å². The highest BCUT2D eigenvalue weighted by Gasteiger charge is 1.99. The van der Waals surface area contributed by atoms with Crippen LogP contribution in [0.15, 0.2) is 60.9 Å². The molecule has 3 aromatic rings. The lowest BCUT2D eigenvalue weighted by molar-refractivity contribution is 0.306. The third-order valence-corrected chi connectivity index (χ3v) is 2.95. The van der Waals surface area contributed by atoms with Crippen LogP contribution in [-0.2, 0) is 6.61 Å². The van der Waals surface area contributed by atoms with Crippen molar-refractivity contribution in [3.8, 4) is 11.5 Å². The van der Waals surface area contributed by atoms with E-state index >= 15 is 0 Å². The molecule has 0 unspecified atom stereocenters. The highest BCUT2D eigenvalue weighted by Crippen LogP contribution is 2.24. The van der Waals surface area contributed by atoms with Crippen LogP contribution in [0, 0.1) is 0 Å². The van der Waals surface area contributed by atoms with Gasteiger partial charge in [0.2, 0.25) is 0 Å². The maximum atomic E-state index is 9.48. The molecule has 3 nitrogen and oxygen atoms in total. The molecule has 0 saturated heterocycles. The van der Waals surface area contributed by atoms with Gasteiger partial charge in [0.1, 0.15) is 18.1 Å². The Morgan fingerprint density at radius 1 is 0.895 bits per heavy atom. The zero-order valence-electron chi connectivity index (χ0n) is 10.3. The van der Waals surface area contributed by atoms with E-state index in [2.05, 4.69) is 4.98 Å². The third kappa shape index (κ3) is 2.65. The number of rotatable bonds is 3. The van der Waals surface area contributed by atoms with Crippen LogP contribution in [0.5, 0.6) is 11.5 Å². The van der Waals surface area contributed by atoms with Crippen molar-refractivity contribution >= 4 is 10.8 Å². The summed E-state index contributed by atoms with van der Waals surface area (Å²) < 4.78 is 5.73. The topological polar surface area (TPSA) is 42.4 Å². The minimum Gasteiger partial charge on any atom is -0.508 e. The van der Waals surface area contributed by atoms with E-state index in [1.165, 1.54) is 0 Å². The fraction of sp³-hybridized carbons (Fsp3) is 0.0625. The first-order valence-electron chi connectivity index (χ1n) is 6.06. The van der Waals surface area contributed by atoms with Crippen molar-refractivity contribution in [2.45, 2.75) is 6.61 Å². The molecule has 0 radical (unpaired) electrons. The number of phenols is 1. The van der Waals surface area contributed by atoms with Crippen molar-refractivity contribution in [3.63, 3.8) is 0 Å². The van der Waals surface area contributed by atoms with Gasteiger partial charge in [-0.25, -0.2) is 0 Å². The summed E-state index contributed by atoms with van der Waals surface area (Å²) in [5.41, 5.74) is 1.08. The summed E-state index contributed by atoms with van der Waals surface area (Å²) in [5.74, 6) is 1.05. The Labute approximate surface area is 111 Å². The molecule has 3 heteroatoms. The van der Waals surface area contributed by atoms with Gasteiger partial charge in [0, 0.05) is 12.4 Å². The largest absolute Gasteiger partial charge is 0.508 e. The van der Waals surface area contributed by atoms with Crippen molar-refractivity contribution in [2.24, 2.45) is 0 Å². The lowest BCUT2D eigenvalue weighted by atomic mass is 10.1. The highest BCUT2D eigenvalue weighted by molar-refractivity contribution is 5.85. The fourth-order valence-electron chi connectivity index (χ4n) is 1.95. The van der Waals surface area contributed by atoms with Crippen LogP contribution < -0.4 is 4.74 Å². The molecule has 0 aliphatic carbocycles. The van der Waals surface area contributed by atoms with E-state index in [0.717, 1.165) is 22.1 Å². The van der Waals surface area contributed by atoms with Crippen LogP contribution in [0.25, 0.3) is 10.8 Å². The number of phenolic OH excluding ortho intramolecular Hbond substituents is 1. The second-order valence-corrected chi connectivity index (χ2v) is 4.34. The Morgan fingerprint density at radius 3 is 2.53 bits per heavy atom. The predicted octanol–water partition coefficient (Wildman–Crippen LogP) is 3.52. The SMILES string of the molecule is Oc1ccc2ccc(OCc3ccncc3)cc2c1. The van der Waals surface area contributed by atoms with E-state index in [0.29, 0.717) is 6.61 Å². The van der Waals surface area contributed by atoms with Crippen molar-refractivity contribution in [3.05, 3.63) is 66.5 Å². The molecular formula is C16H13NO2. The standard InChI is InChI=1S/C16H13NO2/c18-15-3-1-13-2-4-16(10-14(13)9-15)19-11-12-5-7-17-8-6-12/h1-10,18H,11H2. The number of hydrogen-bond donors (Lipinski definition) is 1. The van der Waals surface area contributed by atoms with Crippen molar-refractivity contribution < 1.29 is 9.84 Å². The Kier molecular flexibility index (Phi) is 3.02. The molecule has 0 aliphatic rings. The minimum atomic E-state index is 0.263. The maximum Gasteiger partial charge on any atom is 0.120 e. The van der Waals surface area contributed by atoms with Gasteiger partial charge < -0.3 is 9.84 Å². The molecule has 0 fully saturated rings. The van der Waals surface area contributed by atoms with Crippen LogP contribution in [0.3, 0.4) is 0 Å². The second-order valence-electron chi connectivity index (χ2n) is 4.34. The van der Waals surface area contributed by atoms with Gasteiger partial charge in [-0.2, -0.15) is 0 Å². The molecule has 1 heterocycles. The number of pyridine rings is 1. The Bertz CT molecular complexity index is 695. The molecule has 0 saturated carbocycles. The molecule has 0 atom stereocenters. The fourth-order valence-corrected chi connectivity index (χ4v) is 1.95. The summed E-state index contributed by atoms with van der Waals surface area (Å²) in [5, 5.41) is 11.5. The van der Waals surface area contributed by atoms with E-state index in [4.69, 9.17) is 4.74 Å². The Hall–Kier alpha value is -2.55. The molecule has 0 bridgehead atoms. The van der Waals surface area contributed by atoms with E-state index in [1.54, 1.807) is 24.5 Å². The summed E-state index contributed by atoms with van der Waals surface area (Å²) in [6.07, 6.45) is 3.49. The van der Waals surface area contributed by atoms with Crippen LogP contribution in [-0.4, -0.2) is 10.1 Å². The smallest absolute Gasteiger partial charge is 0.120 e. The van der Waals surface area contributed by atoms with Gasteiger partial charge in [0.05, 0.1) is 0 Å². The van der Waals surface area contributed by atoms with Crippen LogP contribution >= 0.6 is 0 Å². The molecule has 0 amide bonds. The number of hydrogen-bond acceptors (Lipinski definition) is 3. The number of ether oxygens (including phenoxy) is 1. The van der Waals surface area contributed by atoms with Crippen molar-refractivity contribution in [2.75, 3.05) is 0 Å². The van der Waals surface area contributed by atoms with E-state index in [9.17, 15) is 5.11 Å². The quantitative estimate of drug-likeness (QED) is 0.774. The van der Waals surface area contributed by atoms with Gasteiger partial charge in [-0.1, -0.05) is 12.1 Å². The number of fused-ring (bicyclic) bond motifs is 1. The maximum absolute atomic E-state index is 9.48. The Morgan fingerprint density at radius 2 is 1.68 bits per heavy atom. The number of aromatic hydroxyl groups is 1. The number of nitrogens with zero attached hydrogens (tertiary/aromatic N) is 1. The van der Waals surface area contributed by atoms with Gasteiger partial charge in [-0.3, -0.25) is 4.98 Å². The summed E-state index contributed by atoms with van der Waals surface area (Å²) >= 11 is 0. The third-order valence-electron chi connectivity index (χ3n) is 2.95. The minimum absolute atomic E-state index is 0.263. The second kappa shape index (κ2) is 4.98. The van der Waals surface area contributed by atoms with Gasteiger partial charge >= 0.3 is 0 Å². The molecule has 94 valence electrons. The summed E-state index contributed by atoms with van der Waals surface area (Å²) in [6, 6.07) is 15.0. The number of aromatic nitrogens is 1. The first kappa shape index (κ1) is 11.5. The van der Waals surface area contributed by atoms with Crippen molar-refractivity contribution in [1.82, 2.24) is 4.98 Å². The zero-order valence-corrected chi connectivity index (χ0v) is 10.3. The highest BCUT2D eigenvalue weighted by atomic mass is 16.5. The molecule has 0 spiro atoms. The molecule has 0 aliphatic heterocycles. The van der Waals surface area contributed by atoms with Crippen LogP contribution in [0.2, 0.25) is 0 Å². The summed E-state index contributed by atoms with van der Waals surface area (Å²) in [4.78, 5) is 3.97. The predicted molar refractivity (Wildman–Crippen MR) is 74.2 cm³/mol. The average molecular weight is 251 g/mol. The first-order valence-corrected chi connectivity index (χ1v) is 6.06. The molecule has 2 aromatic carbocycles. The van der Waals surface area contributed by atoms with E-state index < -0.39 is 0 Å². The van der Waals surface area contributed by atoms with Gasteiger partial charge in [-0.15, -0.1) is 0 Å². The normalized spacial score (nSPS) is 10.5.